The van der Waals surface area contributed by atoms with Gasteiger partial charge in [-0.1, -0.05) is 152 Å². The van der Waals surface area contributed by atoms with Gasteiger partial charge in [0.15, 0.2) is 12.4 Å². The van der Waals surface area contributed by atoms with Crippen LogP contribution in [0.1, 0.15) is 41.7 Å². The number of rotatable bonds is 19. The van der Waals surface area contributed by atoms with Gasteiger partial charge in [0.2, 0.25) is 0 Å². The van der Waals surface area contributed by atoms with Crippen LogP contribution >= 0.6 is 0 Å². The number of benzene rings is 5. The summed E-state index contributed by atoms with van der Waals surface area (Å²) in [5.41, 5.74) is 4.90. The van der Waals surface area contributed by atoms with E-state index in [0.29, 0.717) is 13.0 Å². The van der Waals surface area contributed by atoms with Crippen molar-refractivity contribution in [2.45, 2.75) is 89.5 Å². The highest BCUT2D eigenvalue weighted by Crippen LogP contribution is 2.30. The molecular formula is C47H52N2O8. The second-order valence-corrected chi connectivity index (χ2v) is 14.2. The van der Waals surface area contributed by atoms with Gasteiger partial charge in [0.05, 0.1) is 33.0 Å². The average Bonchev–Trinajstić information content (AvgIpc) is 3.24. The Labute approximate surface area is 335 Å². The van der Waals surface area contributed by atoms with E-state index in [2.05, 4.69) is 10.6 Å². The van der Waals surface area contributed by atoms with E-state index < -0.39 is 48.7 Å². The highest BCUT2D eigenvalue weighted by molar-refractivity contribution is 5.83. The predicted molar refractivity (Wildman–Crippen MR) is 217 cm³/mol. The molecule has 2 amide bonds. The van der Waals surface area contributed by atoms with E-state index in [1.165, 1.54) is 0 Å². The molecule has 7 atom stereocenters. The minimum absolute atomic E-state index is 0.153. The van der Waals surface area contributed by atoms with Crippen LogP contribution in [-0.4, -0.2) is 61.4 Å². The van der Waals surface area contributed by atoms with E-state index in [-0.39, 0.29) is 32.5 Å². The lowest BCUT2D eigenvalue weighted by Crippen LogP contribution is -2.66. The third kappa shape index (κ3) is 13.1. The monoisotopic (exact) mass is 772 g/mol. The molecule has 10 nitrogen and oxygen atoms in total. The number of carbonyl (C=O) groups excluding carboxylic acids is 2. The molecule has 57 heavy (non-hydrogen) atoms. The average molecular weight is 773 g/mol. The summed E-state index contributed by atoms with van der Waals surface area (Å²) in [4.78, 5) is 27.0. The third-order valence-electron chi connectivity index (χ3n) is 9.58. The van der Waals surface area contributed by atoms with Crippen molar-refractivity contribution in [2.75, 3.05) is 6.61 Å². The highest BCUT2D eigenvalue weighted by atomic mass is 16.7. The molecule has 0 aliphatic carbocycles. The van der Waals surface area contributed by atoms with Crippen molar-refractivity contribution >= 4 is 12.0 Å². The van der Waals surface area contributed by atoms with Crippen molar-refractivity contribution in [3.05, 3.63) is 179 Å². The SMILES string of the molecule is C[C@@H](Cc1ccccc1)NC(=O)[C@@H](C)OC(=O)N[C@H]1C(OCc2ccccc2)O[C@H](COCc2ccccc2)[C@@H](OCc2ccccc2)[C@@H]1OCc1ccccc1. The number of carbonyl (C=O) groups is 2. The van der Waals surface area contributed by atoms with Crippen molar-refractivity contribution in [3.63, 3.8) is 0 Å². The molecule has 1 saturated heterocycles. The van der Waals surface area contributed by atoms with E-state index in [9.17, 15) is 9.59 Å². The number of hydrogen-bond acceptors (Lipinski definition) is 8. The van der Waals surface area contributed by atoms with Crippen molar-refractivity contribution in [1.82, 2.24) is 10.6 Å². The maximum absolute atomic E-state index is 13.8. The third-order valence-corrected chi connectivity index (χ3v) is 9.58. The van der Waals surface area contributed by atoms with E-state index in [0.717, 1.165) is 27.8 Å². The Bertz CT molecular complexity index is 1900. The maximum Gasteiger partial charge on any atom is 0.408 e. The van der Waals surface area contributed by atoms with E-state index in [1.54, 1.807) is 6.92 Å². The fourth-order valence-corrected chi connectivity index (χ4v) is 6.65. The molecule has 1 aliphatic heterocycles. The Morgan fingerprint density at radius 1 is 0.579 bits per heavy atom. The van der Waals surface area contributed by atoms with Crippen molar-refractivity contribution in [3.8, 4) is 0 Å². The van der Waals surface area contributed by atoms with Crippen LogP contribution in [0.3, 0.4) is 0 Å². The van der Waals surface area contributed by atoms with Crippen LogP contribution < -0.4 is 10.6 Å². The summed E-state index contributed by atoms with van der Waals surface area (Å²) in [6.07, 6.45) is -4.51. The molecule has 10 heteroatoms. The second kappa shape index (κ2) is 21.8. The predicted octanol–water partition coefficient (Wildman–Crippen LogP) is 7.55. The lowest BCUT2D eigenvalue weighted by atomic mass is 9.96. The molecular weight excluding hydrogens is 721 g/mol. The zero-order chi connectivity index (χ0) is 39.7. The molecule has 6 rings (SSSR count). The van der Waals surface area contributed by atoms with Crippen LogP contribution in [0.25, 0.3) is 0 Å². The molecule has 1 aliphatic rings. The van der Waals surface area contributed by atoms with Gasteiger partial charge in [-0.3, -0.25) is 4.79 Å². The van der Waals surface area contributed by atoms with Crippen molar-refractivity contribution in [2.24, 2.45) is 0 Å². The Kier molecular flexibility index (Phi) is 15.8. The zero-order valence-corrected chi connectivity index (χ0v) is 32.5. The summed E-state index contributed by atoms with van der Waals surface area (Å²) in [5.74, 6) is -0.415. The Morgan fingerprint density at radius 3 is 1.53 bits per heavy atom. The number of hydrogen-bond donors (Lipinski definition) is 2. The van der Waals surface area contributed by atoms with Crippen LogP contribution in [0.5, 0.6) is 0 Å². The van der Waals surface area contributed by atoms with E-state index >= 15 is 0 Å². The molecule has 0 saturated carbocycles. The number of alkyl carbamates (subject to hydrolysis) is 1. The summed E-state index contributed by atoms with van der Waals surface area (Å²) in [5, 5.41) is 5.92. The van der Waals surface area contributed by atoms with Gasteiger partial charge in [-0.15, -0.1) is 0 Å². The van der Waals surface area contributed by atoms with Crippen LogP contribution in [0.15, 0.2) is 152 Å². The quantitative estimate of drug-likeness (QED) is 0.0886. The summed E-state index contributed by atoms with van der Waals surface area (Å²) >= 11 is 0. The first-order valence-electron chi connectivity index (χ1n) is 19.5. The largest absolute Gasteiger partial charge is 0.436 e. The number of ether oxygens (including phenoxy) is 6. The summed E-state index contributed by atoms with van der Waals surface area (Å²) in [6.45, 7) is 4.62. The minimum Gasteiger partial charge on any atom is -0.436 e. The summed E-state index contributed by atoms with van der Waals surface area (Å²) in [6, 6.07) is 47.9. The zero-order valence-electron chi connectivity index (χ0n) is 32.5. The van der Waals surface area contributed by atoms with E-state index in [4.69, 9.17) is 28.4 Å². The minimum atomic E-state index is -1.09. The van der Waals surface area contributed by atoms with Gasteiger partial charge in [-0.05, 0) is 48.1 Å². The summed E-state index contributed by atoms with van der Waals surface area (Å²) in [7, 11) is 0. The van der Waals surface area contributed by atoms with Gasteiger partial charge in [-0.2, -0.15) is 0 Å². The first kappa shape index (κ1) is 41.3. The fraction of sp³-hybridized carbons (Fsp3) is 0.319. The van der Waals surface area contributed by atoms with Gasteiger partial charge >= 0.3 is 6.09 Å². The molecule has 5 aromatic carbocycles. The molecule has 1 fully saturated rings. The highest BCUT2D eigenvalue weighted by Gasteiger charge is 2.49. The fourth-order valence-electron chi connectivity index (χ4n) is 6.65. The molecule has 0 spiro atoms. The van der Waals surface area contributed by atoms with Gasteiger partial charge in [0, 0.05) is 6.04 Å². The molecule has 1 heterocycles. The molecule has 5 aromatic rings. The van der Waals surface area contributed by atoms with Crippen LogP contribution in [0.4, 0.5) is 4.79 Å². The maximum atomic E-state index is 13.8. The normalized spacial score (nSPS) is 20.2. The Morgan fingerprint density at radius 2 is 1.02 bits per heavy atom. The molecule has 0 aromatic heterocycles. The second-order valence-electron chi connectivity index (χ2n) is 14.2. The smallest absolute Gasteiger partial charge is 0.408 e. The van der Waals surface area contributed by atoms with Gasteiger partial charge in [-0.25, -0.2) is 4.79 Å². The van der Waals surface area contributed by atoms with Crippen LogP contribution in [0.2, 0.25) is 0 Å². The Balaban J connectivity index is 1.24. The lowest BCUT2D eigenvalue weighted by Gasteiger charge is -2.46. The van der Waals surface area contributed by atoms with Crippen molar-refractivity contribution < 1.29 is 38.0 Å². The lowest BCUT2D eigenvalue weighted by molar-refractivity contribution is -0.293. The first-order valence-corrected chi connectivity index (χ1v) is 19.5. The van der Waals surface area contributed by atoms with Gasteiger partial charge < -0.3 is 39.1 Å². The van der Waals surface area contributed by atoms with E-state index in [1.807, 2.05) is 159 Å². The van der Waals surface area contributed by atoms with Crippen LogP contribution in [-0.2, 0) is 66.1 Å². The Hall–Kier alpha value is -5.36. The van der Waals surface area contributed by atoms with Gasteiger partial charge in [0.25, 0.3) is 5.91 Å². The molecule has 0 bridgehead atoms. The van der Waals surface area contributed by atoms with Crippen LogP contribution in [0, 0.1) is 0 Å². The molecule has 1 unspecified atom stereocenters. The standard InChI is InChI=1S/C47H52N2O8/c1-34(28-36-18-8-3-9-19-36)48-45(50)35(2)56-47(51)49-42-44(54-31-39-24-14-6-15-25-39)43(53-30-38-22-12-5-13-23-38)41(33-52-29-37-20-10-4-11-21-37)57-46(42)55-32-40-26-16-7-17-27-40/h3-27,34-35,41-44,46H,28-33H2,1-2H3,(H,48,50)(H,49,51)/t34-,35+,41+,42+,43+,44+,46?/m0/s1. The molecule has 0 radical (unpaired) electrons. The number of nitrogens with one attached hydrogen (secondary N) is 2. The molecule has 2 N–H and O–H groups in total. The van der Waals surface area contributed by atoms with Gasteiger partial charge in [0.1, 0.15) is 24.4 Å². The first-order chi connectivity index (χ1) is 27.9. The summed E-state index contributed by atoms with van der Waals surface area (Å²) < 4.78 is 38.5. The molecule has 298 valence electrons. The topological polar surface area (TPSA) is 114 Å². The van der Waals surface area contributed by atoms with Crippen molar-refractivity contribution in [1.29, 1.82) is 0 Å². The number of amides is 2.